The molecule has 4 nitrogen and oxygen atoms in total. The molecule has 0 aromatic heterocycles. The minimum atomic E-state index is -0.299. The predicted octanol–water partition coefficient (Wildman–Crippen LogP) is 2.17. The van der Waals surface area contributed by atoms with Crippen LogP contribution < -0.4 is 10.5 Å². The molecule has 0 saturated carbocycles. The minimum absolute atomic E-state index is 0.112. The summed E-state index contributed by atoms with van der Waals surface area (Å²) < 4.78 is 5.17. The van der Waals surface area contributed by atoms with E-state index >= 15 is 0 Å². The zero-order valence-electron chi connectivity index (χ0n) is 12.3. The molecule has 4 heteroatoms. The molecule has 2 N–H and O–H groups in total. The van der Waals surface area contributed by atoms with E-state index in [4.69, 9.17) is 10.5 Å². The summed E-state index contributed by atoms with van der Waals surface area (Å²) in [5.74, 6) is 0.919. The summed E-state index contributed by atoms with van der Waals surface area (Å²) in [4.78, 5) is 13.7. The van der Waals surface area contributed by atoms with Crippen LogP contribution in [0.2, 0.25) is 0 Å². The van der Waals surface area contributed by atoms with Crippen molar-refractivity contribution in [3.8, 4) is 5.75 Å². The third kappa shape index (κ3) is 5.75. The number of methoxy groups -OCH3 is 1. The molecule has 1 aromatic carbocycles. The van der Waals surface area contributed by atoms with Gasteiger partial charge in [0.05, 0.1) is 7.11 Å². The topological polar surface area (TPSA) is 55.6 Å². The van der Waals surface area contributed by atoms with Crippen molar-refractivity contribution < 1.29 is 9.53 Å². The maximum atomic E-state index is 12.0. The molecule has 1 rings (SSSR count). The van der Waals surface area contributed by atoms with Crippen molar-refractivity contribution >= 4 is 5.91 Å². The van der Waals surface area contributed by atoms with Crippen LogP contribution in [0.15, 0.2) is 24.3 Å². The largest absolute Gasteiger partial charge is 0.497 e. The Bertz CT molecular complexity index is 424. The molecule has 0 atom stereocenters. The van der Waals surface area contributed by atoms with Gasteiger partial charge < -0.3 is 15.4 Å². The van der Waals surface area contributed by atoms with Crippen LogP contribution in [0, 0.1) is 0 Å². The molecule has 0 unspecified atom stereocenters. The van der Waals surface area contributed by atoms with E-state index in [0.29, 0.717) is 19.4 Å². The number of rotatable bonds is 6. The molecule has 106 valence electrons. The molecule has 0 aliphatic heterocycles. The Labute approximate surface area is 115 Å². The zero-order valence-corrected chi connectivity index (χ0v) is 12.3. The van der Waals surface area contributed by atoms with Gasteiger partial charge in [-0.2, -0.15) is 0 Å². The minimum Gasteiger partial charge on any atom is -0.497 e. The maximum absolute atomic E-state index is 12.0. The molecule has 0 fully saturated rings. The van der Waals surface area contributed by atoms with Gasteiger partial charge in [0, 0.05) is 25.6 Å². The second-order valence-corrected chi connectivity index (χ2v) is 5.59. The highest BCUT2D eigenvalue weighted by molar-refractivity contribution is 5.75. The second kappa shape index (κ2) is 6.57. The average molecular weight is 264 g/mol. The van der Waals surface area contributed by atoms with E-state index in [0.717, 1.165) is 11.3 Å². The lowest BCUT2D eigenvalue weighted by molar-refractivity contribution is -0.130. The van der Waals surface area contributed by atoms with Gasteiger partial charge in [-0.05, 0) is 38.0 Å². The van der Waals surface area contributed by atoms with Gasteiger partial charge in [0.2, 0.25) is 5.91 Å². The summed E-state index contributed by atoms with van der Waals surface area (Å²) >= 11 is 0. The van der Waals surface area contributed by atoms with E-state index in [1.165, 1.54) is 0 Å². The lowest BCUT2D eigenvalue weighted by atomic mass is 10.00. The molecule has 1 amide bonds. The Morgan fingerprint density at radius 3 is 2.68 bits per heavy atom. The molecule has 0 aliphatic rings. The molecular formula is C15H24N2O2. The number of amides is 1. The van der Waals surface area contributed by atoms with Crippen LogP contribution in [0.3, 0.4) is 0 Å². The van der Waals surface area contributed by atoms with Crippen LogP contribution in [0.1, 0.15) is 32.3 Å². The van der Waals surface area contributed by atoms with Gasteiger partial charge in [-0.25, -0.2) is 0 Å². The summed E-state index contributed by atoms with van der Waals surface area (Å²) in [7, 11) is 3.45. The Kier molecular flexibility index (Phi) is 5.36. The molecule has 0 aliphatic carbocycles. The van der Waals surface area contributed by atoms with Crippen molar-refractivity contribution in [1.82, 2.24) is 4.90 Å². The van der Waals surface area contributed by atoms with E-state index in [1.54, 1.807) is 12.0 Å². The number of ether oxygens (including phenoxy) is 1. The first kappa shape index (κ1) is 15.5. The Balaban J connectivity index is 2.53. The van der Waals surface area contributed by atoms with Crippen LogP contribution in [0.25, 0.3) is 0 Å². The molecule has 1 aromatic rings. The predicted molar refractivity (Wildman–Crippen MR) is 77.0 cm³/mol. The van der Waals surface area contributed by atoms with Gasteiger partial charge >= 0.3 is 0 Å². The summed E-state index contributed by atoms with van der Waals surface area (Å²) in [5, 5.41) is 0. The summed E-state index contributed by atoms with van der Waals surface area (Å²) in [6.07, 6.45) is 1.16. The van der Waals surface area contributed by atoms with E-state index in [1.807, 2.05) is 45.2 Å². The Morgan fingerprint density at radius 2 is 2.11 bits per heavy atom. The van der Waals surface area contributed by atoms with Crippen molar-refractivity contribution in [2.24, 2.45) is 5.73 Å². The Hall–Kier alpha value is -1.55. The van der Waals surface area contributed by atoms with Crippen molar-refractivity contribution in [2.45, 2.75) is 38.8 Å². The van der Waals surface area contributed by atoms with E-state index in [9.17, 15) is 4.79 Å². The van der Waals surface area contributed by atoms with E-state index in [2.05, 4.69) is 0 Å². The fraction of sp³-hybridized carbons (Fsp3) is 0.533. The number of benzene rings is 1. The highest BCUT2D eigenvalue weighted by Crippen LogP contribution is 2.15. The van der Waals surface area contributed by atoms with Crippen molar-refractivity contribution in [3.63, 3.8) is 0 Å². The fourth-order valence-corrected chi connectivity index (χ4v) is 1.75. The van der Waals surface area contributed by atoms with Gasteiger partial charge in [-0.3, -0.25) is 4.79 Å². The fourth-order valence-electron chi connectivity index (χ4n) is 1.75. The monoisotopic (exact) mass is 264 g/mol. The normalized spacial score (nSPS) is 11.2. The van der Waals surface area contributed by atoms with Crippen molar-refractivity contribution in [3.05, 3.63) is 29.8 Å². The Morgan fingerprint density at radius 1 is 1.42 bits per heavy atom. The quantitative estimate of drug-likeness (QED) is 0.856. The van der Waals surface area contributed by atoms with Crippen molar-refractivity contribution in [1.29, 1.82) is 0 Å². The number of hydrogen-bond acceptors (Lipinski definition) is 3. The second-order valence-electron chi connectivity index (χ2n) is 5.59. The number of nitrogens with zero attached hydrogens (tertiary/aromatic N) is 1. The SMILES string of the molecule is COc1cccc(CN(C)C(=O)CCC(C)(C)N)c1. The maximum Gasteiger partial charge on any atom is 0.222 e. The first-order valence-electron chi connectivity index (χ1n) is 6.47. The first-order valence-corrected chi connectivity index (χ1v) is 6.47. The average Bonchev–Trinajstić information content (AvgIpc) is 2.35. The van der Waals surface area contributed by atoms with Crippen molar-refractivity contribution in [2.75, 3.05) is 14.2 Å². The first-order chi connectivity index (χ1) is 8.81. The smallest absolute Gasteiger partial charge is 0.222 e. The molecule has 0 heterocycles. The van der Waals surface area contributed by atoms with Crippen LogP contribution in [-0.2, 0) is 11.3 Å². The molecular weight excluding hydrogens is 240 g/mol. The van der Waals surface area contributed by atoms with Gasteiger partial charge in [-0.1, -0.05) is 12.1 Å². The zero-order chi connectivity index (χ0) is 14.5. The number of nitrogens with two attached hydrogens (primary N) is 1. The number of carbonyl (C=O) groups is 1. The molecule has 0 radical (unpaired) electrons. The van der Waals surface area contributed by atoms with Crippen LogP contribution >= 0.6 is 0 Å². The van der Waals surface area contributed by atoms with Crippen LogP contribution in [-0.4, -0.2) is 30.5 Å². The molecule has 0 saturated heterocycles. The summed E-state index contributed by atoms with van der Waals surface area (Å²) in [6.45, 7) is 4.45. The van der Waals surface area contributed by atoms with Gasteiger partial charge in [0.15, 0.2) is 0 Å². The van der Waals surface area contributed by atoms with Crippen LogP contribution in [0.5, 0.6) is 5.75 Å². The van der Waals surface area contributed by atoms with Gasteiger partial charge in [-0.15, -0.1) is 0 Å². The third-order valence-corrected chi connectivity index (χ3v) is 2.96. The summed E-state index contributed by atoms with van der Waals surface area (Å²) in [6, 6.07) is 7.74. The van der Waals surface area contributed by atoms with E-state index in [-0.39, 0.29) is 11.4 Å². The standard InChI is InChI=1S/C15H24N2O2/c1-15(2,16)9-8-14(18)17(3)11-12-6-5-7-13(10-12)19-4/h5-7,10H,8-9,11,16H2,1-4H3. The third-order valence-electron chi connectivity index (χ3n) is 2.96. The number of hydrogen-bond donors (Lipinski definition) is 1. The molecule has 0 bridgehead atoms. The summed E-state index contributed by atoms with van der Waals surface area (Å²) in [5.41, 5.74) is 6.65. The van der Waals surface area contributed by atoms with E-state index < -0.39 is 0 Å². The molecule has 19 heavy (non-hydrogen) atoms. The van der Waals surface area contributed by atoms with Gasteiger partial charge in [0.1, 0.15) is 5.75 Å². The van der Waals surface area contributed by atoms with Crippen LogP contribution in [0.4, 0.5) is 0 Å². The number of carbonyl (C=O) groups excluding carboxylic acids is 1. The lowest BCUT2D eigenvalue weighted by Gasteiger charge is -2.21. The molecule has 0 spiro atoms. The highest BCUT2D eigenvalue weighted by atomic mass is 16.5. The van der Waals surface area contributed by atoms with Gasteiger partial charge in [0.25, 0.3) is 0 Å². The highest BCUT2D eigenvalue weighted by Gasteiger charge is 2.16. The lowest BCUT2D eigenvalue weighted by Crippen LogP contribution is -2.34.